The lowest BCUT2D eigenvalue weighted by atomic mass is 10.3. The number of para-hydroxylation sites is 1. The molecule has 0 radical (unpaired) electrons. The minimum Gasteiger partial charge on any atom is -0.324 e. The van der Waals surface area contributed by atoms with Crippen LogP contribution in [0.4, 0.5) is 5.69 Å². The summed E-state index contributed by atoms with van der Waals surface area (Å²) >= 11 is 0. The molecule has 0 saturated heterocycles. The zero-order valence-corrected chi connectivity index (χ0v) is 9.97. The van der Waals surface area contributed by atoms with Crippen LogP contribution in [0.2, 0.25) is 0 Å². The number of hydrogen-bond acceptors (Lipinski definition) is 2. The lowest BCUT2D eigenvalue weighted by Crippen LogP contribution is -2.19. The normalized spacial score (nSPS) is 10.2. The lowest BCUT2D eigenvalue weighted by Gasteiger charge is -2.04. The molecule has 1 aromatic heterocycles. The van der Waals surface area contributed by atoms with Crippen molar-refractivity contribution in [1.82, 2.24) is 9.78 Å². The largest absolute Gasteiger partial charge is 0.324 e. The average molecular weight is 229 g/mol. The van der Waals surface area contributed by atoms with E-state index in [1.54, 1.807) is 4.68 Å². The molecule has 2 aromatic rings. The Morgan fingerprint density at radius 3 is 2.59 bits per heavy atom. The summed E-state index contributed by atoms with van der Waals surface area (Å²) in [4.78, 5) is 11.7. The third-order valence-corrected chi connectivity index (χ3v) is 2.55. The van der Waals surface area contributed by atoms with Gasteiger partial charge < -0.3 is 5.32 Å². The fourth-order valence-corrected chi connectivity index (χ4v) is 1.57. The maximum absolute atomic E-state index is 11.7. The van der Waals surface area contributed by atoms with Gasteiger partial charge in [-0.1, -0.05) is 18.2 Å². The second-order valence-electron chi connectivity index (χ2n) is 4.01. The molecule has 0 saturated carbocycles. The van der Waals surface area contributed by atoms with Gasteiger partial charge in [0.2, 0.25) is 5.91 Å². The van der Waals surface area contributed by atoms with Crippen LogP contribution < -0.4 is 5.32 Å². The number of amides is 1. The Bertz CT molecular complexity index is 497. The molecule has 0 aliphatic rings. The van der Waals surface area contributed by atoms with E-state index in [0.29, 0.717) is 0 Å². The Labute approximate surface area is 100 Å². The standard InChI is InChI=1S/C13H15N3O/c1-10-8-16(15-11(10)2)9-13(17)14-12-6-4-3-5-7-12/h3-8H,9H2,1-2H3,(H,14,17). The van der Waals surface area contributed by atoms with Crippen molar-refractivity contribution in [3.8, 4) is 0 Å². The second kappa shape index (κ2) is 4.82. The van der Waals surface area contributed by atoms with Crippen LogP contribution in [0.5, 0.6) is 0 Å². The van der Waals surface area contributed by atoms with Crippen LogP contribution in [0.3, 0.4) is 0 Å². The van der Waals surface area contributed by atoms with Crippen molar-refractivity contribution in [2.45, 2.75) is 20.4 Å². The molecule has 1 amide bonds. The zero-order chi connectivity index (χ0) is 12.3. The first kappa shape index (κ1) is 11.4. The van der Waals surface area contributed by atoms with Crippen molar-refractivity contribution in [1.29, 1.82) is 0 Å². The van der Waals surface area contributed by atoms with Gasteiger partial charge in [-0.3, -0.25) is 9.48 Å². The number of nitrogens with zero attached hydrogens (tertiary/aromatic N) is 2. The van der Waals surface area contributed by atoms with Crippen LogP contribution >= 0.6 is 0 Å². The Hall–Kier alpha value is -2.10. The van der Waals surface area contributed by atoms with Gasteiger partial charge in [0, 0.05) is 11.9 Å². The third kappa shape index (κ3) is 2.93. The van der Waals surface area contributed by atoms with Gasteiger partial charge in [-0.2, -0.15) is 5.10 Å². The van der Waals surface area contributed by atoms with E-state index in [-0.39, 0.29) is 12.5 Å². The lowest BCUT2D eigenvalue weighted by molar-refractivity contribution is -0.116. The van der Waals surface area contributed by atoms with Crippen molar-refractivity contribution >= 4 is 11.6 Å². The molecular formula is C13H15N3O. The maximum Gasteiger partial charge on any atom is 0.246 e. The molecule has 0 spiro atoms. The van der Waals surface area contributed by atoms with Crippen LogP contribution in [-0.4, -0.2) is 15.7 Å². The van der Waals surface area contributed by atoms with Crippen LogP contribution in [0.15, 0.2) is 36.5 Å². The fourth-order valence-electron chi connectivity index (χ4n) is 1.57. The summed E-state index contributed by atoms with van der Waals surface area (Å²) in [6, 6.07) is 9.40. The van der Waals surface area contributed by atoms with Gasteiger partial charge >= 0.3 is 0 Å². The van der Waals surface area contributed by atoms with E-state index in [9.17, 15) is 4.79 Å². The molecular weight excluding hydrogens is 214 g/mol. The summed E-state index contributed by atoms with van der Waals surface area (Å²) in [6.45, 7) is 4.15. The van der Waals surface area contributed by atoms with Crippen molar-refractivity contribution in [3.05, 3.63) is 47.8 Å². The zero-order valence-electron chi connectivity index (χ0n) is 9.97. The minimum absolute atomic E-state index is 0.0706. The molecule has 17 heavy (non-hydrogen) atoms. The van der Waals surface area contributed by atoms with Gasteiger partial charge in [0.05, 0.1) is 5.69 Å². The molecule has 0 unspecified atom stereocenters. The van der Waals surface area contributed by atoms with E-state index in [1.807, 2.05) is 50.4 Å². The topological polar surface area (TPSA) is 46.9 Å². The molecule has 88 valence electrons. The highest BCUT2D eigenvalue weighted by Gasteiger charge is 2.05. The quantitative estimate of drug-likeness (QED) is 0.876. The third-order valence-electron chi connectivity index (χ3n) is 2.55. The van der Waals surface area contributed by atoms with Gasteiger partial charge in [-0.15, -0.1) is 0 Å². The SMILES string of the molecule is Cc1cn(CC(=O)Nc2ccccc2)nc1C. The minimum atomic E-state index is -0.0706. The second-order valence-corrected chi connectivity index (χ2v) is 4.01. The van der Waals surface area contributed by atoms with E-state index in [4.69, 9.17) is 0 Å². The predicted octanol–water partition coefficient (Wildman–Crippen LogP) is 2.14. The molecule has 0 fully saturated rings. The first-order valence-electron chi connectivity index (χ1n) is 5.51. The van der Waals surface area contributed by atoms with Gasteiger partial charge in [0.1, 0.15) is 6.54 Å². The van der Waals surface area contributed by atoms with Gasteiger partial charge in [-0.05, 0) is 31.5 Å². The van der Waals surface area contributed by atoms with Crippen molar-refractivity contribution in [2.75, 3.05) is 5.32 Å². The van der Waals surface area contributed by atoms with Crippen LogP contribution in [0.1, 0.15) is 11.3 Å². The number of benzene rings is 1. The molecule has 0 aliphatic heterocycles. The van der Waals surface area contributed by atoms with Gasteiger partial charge in [-0.25, -0.2) is 0 Å². The van der Waals surface area contributed by atoms with Crippen LogP contribution in [-0.2, 0) is 11.3 Å². The summed E-state index contributed by atoms with van der Waals surface area (Å²) in [7, 11) is 0. The van der Waals surface area contributed by atoms with E-state index in [0.717, 1.165) is 16.9 Å². The number of hydrogen-bond donors (Lipinski definition) is 1. The van der Waals surface area contributed by atoms with Crippen molar-refractivity contribution in [2.24, 2.45) is 0 Å². The Kier molecular flexibility index (Phi) is 3.23. The first-order chi connectivity index (χ1) is 8.15. The van der Waals surface area contributed by atoms with Crippen molar-refractivity contribution < 1.29 is 4.79 Å². The van der Waals surface area contributed by atoms with E-state index >= 15 is 0 Å². The molecule has 0 bridgehead atoms. The smallest absolute Gasteiger partial charge is 0.246 e. The maximum atomic E-state index is 11.7. The van der Waals surface area contributed by atoms with E-state index in [1.165, 1.54) is 0 Å². The summed E-state index contributed by atoms with van der Waals surface area (Å²) in [5.41, 5.74) is 2.85. The summed E-state index contributed by atoms with van der Waals surface area (Å²) < 4.78 is 1.66. The molecule has 1 heterocycles. The molecule has 4 heteroatoms. The number of aryl methyl sites for hydroxylation is 2. The van der Waals surface area contributed by atoms with Crippen molar-refractivity contribution in [3.63, 3.8) is 0 Å². The van der Waals surface area contributed by atoms with Gasteiger partial charge in [0.15, 0.2) is 0 Å². The number of carbonyl (C=O) groups is 1. The molecule has 1 N–H and O–H groups in total. The Morgan fingerprint density at radius 1 is 1.29 bits per heavy atom. The van der Waals surface area contributed by atoms with Gasteiger partial charge in [0.25, 0.3) is 0 Å². The highest BCUT2D eigenvalue weighted by molar-refractivity contribution is 5.90. The number of carbonyl (C=O) groups excluding carboxylic acids is 1. The monoisotopic (exact) mass is 229 g/mol. The summed E-state index contributed by atoms with van der Waals surface area (Å²) in [5.74, 6) is -0.0706. The predicted molar refractivity (Wildman–Crippen MR) is 66.8 cm³/mol. The number of nitrogens with one attached hydrogen (secondary N) is 1. The average Bonchev–Trinajstić information content (AvgIpc) is 2.59. The highest BCUT2D eigenvalue weighted by atomic mass is 16.2. The van der Waals surface area contributed by atoms with E-state index in [2.05, 4.69) is 10.4 Å². The molecule has 0 aliphatic carbocycles. The fraction of sp³-hybridized carbons (Fsp3) is 0.231. The highest BCUT2D eigenvalue weighted by Crippen LogP contribution is 2.06. The first-order valence-corrected chi connectivity index (χ1v) is 5.51. The van der Waals surface area contributed by atoms with Crippen LogP contribution in [0, 0.1) is 13.8 Å². The Balaban J connectivity index is 1.98. The molecule has 1 aromatic carbocycles. The number of aromatic nitrogens is 2. The number of anilines is 1. The summed E-state index contributed by atoms with van der Waals surface area (Å²) in [6.07, 6.45) is 1.87. The number of rotatable bonds is 3. The molecule has 0 atom stereocenters. The molecule has 2 rings (SSSR count). The van der Waals surface area contributed by atoms with Crippen LogP contribution in [0.25, 0.3) is 0 Å². The van der Waals surface area contributed by atoms with E-state index < -0.39 is 0 Å². The molecule has 4 nitrogen and oxygen atoms in total. The summed E-state index contributed by atoms with van der Waals surface area (Å²) in [5, 5.41) is 7.07. The Morgan fingerprint density at radius 2 is 2.00 bits per heavy atom.